The Kier molecular flexibility index (Phi) is 4.31. The summed E-state index contributed by atoms with van der Waals surface area (Å²) in [7, 11) is 0. The van der Waals surface area contributed by atoms with E-state index in [0.717, 1.165) is 11.3 Å². The molecule has 0 saturated carbocycles. The maximum atomic E-state index is 8.87. The van der Waals surface area contributed by atoms with Gasteiger partial charge in [0.25, 0.3) is 0 Å². The zero-order chi connectivity index (χ0) is 13.8. The van der Waals surface area contributed by atoms with E-state index >= 15 is 0 Å². The van der Waals surface area contributed by atoms with Crippen LogP contribution < -0.4 is 5.32 Å². The third kappa shape index (κ3) is 3.41. The number of rotatable bonds is 3. The van der Waals surface area contributed by atoms with Crippen molar-refractivity contribution in [3.63, 3.8) is 0 Å². The summed E-state index contributed by atoms with van der Waals surface area (Å²) >= 11 is 11.9. The van der Waals surface area contributed by atoms with Gasteiger partial charge in [-0.25, -0.2) is 0 Å². The lowest BCUT2D eigenvalue weighted by Gasteiger charge is -2.16. The van der Waals surface area contributed by atoms with Gasteiger partial charge in [0.15, 0.2) is 0 Å². The van der Waals surface area contributed by atoms with Crippen LogP contribution in [0.4, 0.5) is 5.69 Å². The molecule has 1 atom stereocenters. The maximum absolute atomic E-state index is 8.87. The smallest absolute Gasteiger partial charge is 0.0992 e. The highest BCUT2D eigenvalue weighted by molar-refractivity contribution is 6.42. The zero-order valence-electron chi connectivity index (χ0n) is 10.3. The molecule has 0 amide bonds. The van der Waals surface area contributed by atoms with Gasteiger partial charge >= 0.3 is 0 Å². The van der Waals surface area contributed by atoms with E-state index in [1.165, 1.54) is 0 Å². The van der Waals surface area contributed by atoms with E-state index in [1.54, 1.807) is 12.1 Å². The van der Waals surface area contributed by atoms with Gasteiger partial charge in [-0.05, 0) is 42.8 Å². The van der Waals surface area contributed by atoms with E-state index in [2.05, 4.69) is 11.4 Å². The fourth-order valence-electron chi connectivity index (χ4n) is 1.79. The molecule has 0 spiro atoms. The van der Waals surface area contributed by atoms with Gasteiger partial charge in [0.2, 0.25) is 0 Å². The molecule has 4 heteroatoms. The topological polar surface area (TPSA) is 35.8 Å². The number of halogens is 2. The van der Waals surface area contributed by atoms with Crippen molar-refractivity contribution >= 4 is 28.9 Å². The number of hydrogen-bond acceptors (Lipinski definition) is 2. The third-order valence-electron chi connectivity index (χ3n) is 2.82. The van der Waals surface area contributed by atoms with E-state index in [0.29, 0.717) is 15.6 Å². The van der Waals surface area contributed by atoms with Crippen LogP contribution in [0, 0.1) is 11.3 Å². The minimum Gasteiger partial charge on any atom is -0.378 e. The molecule has 96 valence electrons. The van der Waals surface area contributed by atoms with E-state index in [4.69, 9.17) is 28.5 Å². The van der Waals surface area contributed by atoms with Crippen LogP contribution in [0.3, 0.4) is 0 Å². The first kappa shape index (κ1) is 13.7. The summed E-state index contributed by atoms with van der Waals surface area (Å²) in [5.74, 6) is 0. The summed E-state index contributed by atoms with van der Waals surface area (Å²) in [6.45, 7) is 2.03. The second-order valence-corrected chi connectivity index (χ2v) is 5.05. The normalized spacial score (nSPS) is 11.7. The molecule has 0 aliphatic rings. The highest BCUT2D eigenvalue weighted by Crippen LogP contribution is 2.27. The van der Waals surface area contributed by atoms with Crippen LogP contribution in [0.2, 0.25) is 10.0 Å². The number of nitrogens with one attached hydrogen (secondary N) is 1. The molecule has 0 heterocycles. The van der Waals surface area contributed by atoms with Gasteiger partial charge in [-0.15, -0.1) is 0 Å². The summed E-state index contributed by atoms with van der Waals surface area (Å²) in [6, 6.07) is 15.1. The van der Waals surface area contributed by atoms with Gasteiger partial charge in [0.1, 0.15) is 0 Å². The molecule has 0 fully saturated rings. The van der Waals surface area contributed by atoms with Crippen molar-refractivity contribution in [2.24, 2.45) is 0 Å². The summed E-state index contributed by atoms with van der Waals surface area (Å²) < 4.78 is 0. The third-order valence-corrected chi connectivity index (χ3v) is 3.56. The number of benzene rings is 2. The molecule has 0 radical (unpaired) electrons. The van der Waals surface area contributed by atoms with Crippen LogP contribution >= 0.6 is 23.2 Å². The van der Waals surface area contributed by atoms with Gasteiger partial charge in [-0.2, -0.15) is 5.26 Å². The second kappa shape index (κ2) is 5.97. The molecule has 0 aromatic heterocycles. The maximum Gasteiger partial charge on any atom is 0.0992 e. The van der Waals surface area contributed by atoms with E-state index in [9.17, 15) is 0 Å². The average Bonchev–Trinajstić information content (AvgIpc) is 2.42. The first-order chi connectivity index (χ1) is 9.10. The van der Waals surface area contributed by atoms with Gasteiger partial charge in [0, 0.05) is 11.7 Å². The van der Waals surface area contributed by atoms with Crippen molar-refractivity contribution in [2.75, 3.05) is 5.32 Å². The summed E-state index contributed by atoms with van der Waals surface area (Å²) in [5.41, 5.74) is 2.57. The average molecular weight is 291 g/mol. The number of nitrogens with zero attached hydrogens (tertiary/aromatic N) is 1. The van der Waals surface area contributed by atoms with E-state index in [-0.39, 0.29) is 6.04 Å². The van der Waals surface area contributed by atoms with Crippen molar-refractivity contribution in [1.29, 1.82) is 5.26 Å². The fraction of sp³-hybridized carbons (Fsp3) is 0.133. The summed E-state index contributed by atoms with van der Waals surface area (Å²) in [4.78, 5) is 0. The Morgan fingerprint density at radius 1 is 1.11 bits per heavy atom. The molecule has 0 saturated heterocycles. The molecule has 1 N–H and O–H groups in total. The molecule has 1 unspecified atom stereocenters. The number of hydrogen-bond donors (Lipinski definition) is 1. The minimum absolute atomic E-state index is 0.0729. The zero-order valence-corrected chi connectivity index (χ0v) is 11.8. The van der Waals surface area contributed by atoms with Crippen molar-refractivity contribution in [2.45, 2.75) is 13.0 Å². The van der Waals surface area contributed by atoms with Gasteiger partial charge in [0.05, 0.1) is 21.7 Å². The highest BCUT2D eigenvalue weighted by Gasteiger charge is 2.08. The highest BCUT2D eigenvalue weighted by atomic mass is 35.5. The van der Waals surface area contributed by atoms with Crippen molar-refractivity contribution in [3.05, 3.63) is 63.6 Å². The monoisotopic (exact) mass is 290 g/mol. The SMILES string of the molecule is CC(Nc1cccc(C#N)c1)c1ccc(Cl)c(Cl)c1. The number of nitriles is 1. The van der Waals surface area contributed by atoms with E-state index in [1.807, 2.05) is 37.3 Å². The van der Waals surface area contributed by atoms with E-state index < -0.39 is 0 Å². The molecule has 2 rings (SSSR count). The Bertz CT molecular complexity index is 632. The largest absolute Gasteiger partial charge is 0.378 e. The first-order valence-corrected chi connectivity index (χ1v) is 6.57. The van der Waals surface area contributed by atoms with Crippen molar-refractivity contribution in [3.8, 4) is 6.07 Å². The summed E-state index contributed by atoms with van der Waals surface area (Å²) in [5, 5.41) is 13.3. The van der Waals surface area contributed by atoms with Crippen LogP contribution in [0.5, 0.6) is 0 Å². The Morgan fingerprint density at radius 3 is 2.58 bits per heavy atom. The lowest BCUT2D eigenvalue weighted by atomic mass is 10.1. The van der Waals surface area contributed by atoms with Crippen LogP contribution in [-0.4, -0.2) is 0 Å². The Labute approximate surface area is 122 Å². The quantitative estimate of drug-likeness (QED) is 0.860. The lowest BCUT2D eigenvalue weighted by molar-refractivity contribution is 0.885. The molecule has 0 bridgehead atoms. The van der Waals surface area contributed by atoms with Gasteiger partial charge in [-0.1, -0.05) is 35.3 Å². The fourth-order valence-corrected chi connectivity index (χ4v) is 2.10. The summed E-state index contributed by atoms with van der Waals surface area (Å²) in [6.07, 6.45) is 0. The van der Waals surface area contributed by atoms with Gasteiger partial charge in [-0.3, -0.25) is 0 Å². The molecular formula is C15H12Cl2N2. The molecular weight excluding hydrogens is 279 g/mol. The minimum atomic E-state index is 0.0729. The standard InChI is InChI=1S/C15H12Cl2N2/c1-10(12-5-6-14(16)15(17)8-12)19-13-4-2-3-11(7-13)9-18/h2-8,10,19H,1H3. The Morgan fingerprint density at radius 2 is 1.89 bits per heavy atom. The first-order valence-electron chi connectivity index (χ1n) is 5.82. The Hall–Kier alpha value is -1.69. The van der Waals surface area contributed by atoms with Crippen LogP contribution in [0.15, 0.2) is 42.5 Å². The number of anilines is 1. The Balaban J connectivity index is 2.18. The van der Waals surface area contributed by atoms with Crippen LogP contribution in [0.1, 0.15) is 24.1 Å². The molecule has 0 aliphatic carbocycles. The predicted octanol–water partition coefficient (Wildman–Crippen LogP) is 5.04. The molecule has 19 heavy (non-hydrogen) atoms. The molecule has 2 aromatic carbocycles. The second-order valence-electron chi connectivity index (χ2n) is 4.23. The molecule has 2 aromatic rings. The lowest BCUT2D eigenvalue weighted by Crippen LogP contribution is -2.06. The van der Waals surface area contributed by atoms with Crippen LogP contribution in [0.25, 0.3) is 0 Å². The molecule has 0 aliphatic heterocycles. The van der Waals surface area contributed by atoms with Crippen molar-refractivity contribution in [1.82, 2.24) is 0 Å². The predicted molar refractivity (Wildman–Crippen MR) is 79.7 cm³/mol. The molecule has 2 nitrogen and oxygen atoms in total. The van der Waals surface area contributed by atoms with Gasteiger partial charge < -0.3 is 5.32 Å². The van der Waals surface area contributed by atoms with Crippen LogP contribution in [-0.2, 0) is 0 Å². The van der Waals surface area contributed by atoms with Crippen molar-refractivity contribution < 1.29 is 0 Å².